The fourth-order valence-corrected chi connectivity index (χ4v) is 4.04. The van der Waals surface area contributed by atoms with Crippen LogP contribution >= 0.6 is 0 Å². The molecule has 1 saturated carbocycles. The third-order valence-corrected chi connectivity index (χ3v) is 5.34. The smallest absolute Gasteiger partial charge is 0.0119 e. The first-order valence-electron chi connectivity index (χ1n) is 9.35. The minimum atomic E-state index is 0.875. The third kappa shape index (κ3) is 5.73. The molecule has 0 radical (unpaired) electrons. The largest absolute Gasteiger partial charge is 0.317 e. The zero-order chi connectivity index (χ0) is 14.0. The van der Waals surface area contributed by atoms with Gasteiger partial charge in [0, 0.05) is 12.6 Å². The monoisotopic (exact) mass is 280 g/mol. The summed E-state index contributed by atoms with van der Waals surface area (Å²) < 4.78 is 0. The first kappa shape index (κ1) is 16.3. The quantitative estimate of drug-likeness (QED) is 0.670. The van der Waals surface area contributed by atoms with Crippen LogP contribution in [0.4, 0.5) is 0 Å². The highest BCUT2D eigenvalue weighted by Crippen LogP contribution is 2.26. The Morgan fingerprint density at radius 2 is 1.65 bits per heavy atom. The van der Waals surface area contributed by atoms with Gasteiger partial charge >= 0.3 is 0 Å². The molecule has 0 amide bonds. The molecule has 2 rings (SSSR count). The van der Waals surface area contributed by atoms with Crippen molar-refractivity contribution in [1.82, 2.24) is 10.2 Å². The maximum absolute atomic E-state index is 3.52. The molecule has 2 aliphatic rings. The molecule has 118 valence electrons. The standard InChI is InChI=1S/C18H36N2/c1-2-3-4-8-15-20(18-11-13-19-14-12-18)16-17-9-6-5-7-10-17/h17-19H,2-16H2,1H3. The van der Waals surface area contributed by atoms with E-state index in [1.165, 1.54) is 96.8 Å². The Balaban J connectivity index is 1.77. The van der Waals surface area contributed by atoms with Crippen LogP contribution < -0.4 is 5.32 Å². The fourth-order valence-electron chi connectivity index (χ4n) is 4.04. The van der Waals surface area contributed by atoms with Crippen molar-refractivity contribution in [3.63, 3.8) is 0 Å². The molecular formula is C18H36N2. The summed E-state index contributed by atoms with van der Waals surface area (Å²) in [6.45, 7) is 7.55. The van der Waals surface area contributed by atoms with Crippen LogP contribution in [0.15, 0.2) is 0 Å². The Morgan fingerprint density at radius 1 is 0.900 bits per heavy atom. The molecule has 0 unspecified atom stereocenters. The Morgan fingerprint density at radius 3 is 2.35 bits per heavy atom. The van der Waals surface area contributed by atoms with Gasteiger partial charge in [0.05, 0.1) is 0 Å². The van der Waals surface area contributed by atoms with E-state index < -0.39 is 0 Å². The first-order chi connectivity index (χ1) is 9.90. The second kappa shape index (κ2) is 9.78. The van der Waals surface area contributed by atoms with Gasteiger partial charge < -0.3 is 10.2 Å². The van der Waals surface area contributed by atoms with E-state index in [0.29, 0.717) is 0 Å². The van der Waals surface area contributed by atoms with Crippen molar-refractivity contribution in [1.29, 1.82) is 0 Å². The minimum Gasteiger partial charge on any atom is -0.317 e. The lowest BCUT2D eigenvalue weighted by Gasteiger charge is -2.38. The fraction of sp³-hybridized carbons (Fsp3) is 1.00. The van der Waals surface area contributed by atoms with Crippen molar-refractivity contribution in [2.75, 3.05) is 26.2 Å². The van der Waals surface area contributed by atoms with E-state index in [4.69, 9.17) is 0 Å². The van der Waals surface area contributed by atoms with Gasteiger partial charge in [0.2, 0.25) is 0 Å². The highest BCUT2D eigenvalue weighted by Gasteiger charge is 2.24. The molecule has 2 nitrogen and oxygen atoms in total. The van der Waals surface area contributed by atoms with Crippen LogP contribution in [0.25, 0.3) is 0 Å². The van der Waals surface area contributed by atoms with Gasteiger partial charge in [-0.25, -0.2) is 0 Å². The van der Waals surface area contributed by atoms with Gasteiger partial charge in [-0.2, -0.15) is 0 Å². The lowest BCUT2D eigenvalue weighted by atomic mass is 9.88. The van der Waals surface area contributed by atoms with E-state index in [9.17, 15) is 0 Å². The number of piperidine rings is 1. The van der Waals surface area contributed by atoms with Crippen molar-refractivity contribution < 1.29 is 0 Å². The summed E-state index contributed by atoms with van der Waals surface area (Å²) in [6, 6.07) is 0.875. The first-order valence-corrected chi connectivity index (χ1v) is 9.35. The van der Waals surface area contributed by atoms with Crippen LogP contribution in [0.1, 0.15) is 77.6 Å². The van der Waals surface area contributed by atoms with Crippen molar-refractivity contribution in [2.45, 2.75) is 83.6 Å². The molecule has 1 aliphatic carbocycles. The van der Waals surface area contributed by atoms with Gasteiger partial charge in [-0.3, -0.25) is 0 Å². The molecule has 0 bridgehead atoms. The van der Waals surface area contributed by atoms with Crippen LogP contribution in [-0.2, 0) is 0 Å². The van der Waals surface area contributed by atoms with Crippen LogP contribution in [0.5, 0.6) is 0 Å². The van der Waals surface area contributed by atoms with Crippen molar-refractivity contribution in [3.05, 3.63) is 0 Å². The van der Waals surface area contributed by atoms with E-state index in [-0.39, 0.29) is 0 Å². The third-order valence-electron chi connectivity index (χ3n) is 5.34. The molecule has 2 fully saturated rings. The molecule has 0 spiro atoms. The predicted molar refractivity (Wildman–Crippen MR) is 88.2 cm³/mol. The lowest BCUT2D eigenvalue weighted by molar-refractivity contribution is 0.122. The Labute approximate surface area is 126 Å². The lowest BCUT2D eigenvalue weighted by Crippen LogP contribution is -2.45. The number of hydrogen-bond acceptors (Lipinski definition) is 2. The highest BCUT2D eigenvalue weighted by atomic mass is 15.2. The van der Waals surface area contributed by atoms with E-state index in [2.05, 4.69) is 17.1 Å². The number of hydrogen-bond donors (Lipinski definition) is 1. The van der Waals surface area contributed by atoms with Crippen LogP contribution in [0.2, 0.25) is 0 Å². The molecule has 2 heteroatoms. The van der Waals surface area contributed by atoms with Crippen molar-refractivity contribution in [3.8, 4) is 0 Å². The summed E-state index contributed by atoms with van der Waals surface area (Å²) in [4.78, 5) is 2.88. The summed E-state index contributed by atoms with van der Waals surface area (Å²) >= 11 is 0. The summed E-state index contributed by atoms with van der Waals surface area (Å²) in [6.07, 6.45) is 15.8. The molecule has 1 aliphatic heterocycles. The maximum Gasteiger partial charge on any atom is 0.0119 e. The molecule has 1 saturated heterocycles. The van der Waals surface area contributed by atoms with Gasteiger partial charge in [-0.15, -0.1) is 0 Å². The van der Waals surface area contributed by atoms with E-state index in [1.54, 1.807) is 0 Å². The zero-order valence-electron chi connectivity index (χ0n) is 13.7. The van der Waals surface area contributed by atoms with E-state index in [0.717, 1.165) is 12.0 Å². The van der Waals surface area contributed by atoms with Crippen LogP contribution in [0, 0.1) is 5.92 Å². The number of nitrogens with one attached hydrogen (secondary N) is 1. The average Bonchev–Trinajstić information content (AvgIpc) is 2.52. The summed E-state index contributed by atoms with van der Waals surface area (Å²) in [5.41, 5.74) is 0. The maximum atomic E-state index is 3.52. The minimum absolute atomic E-state index is 0.875. The van der Waals surface area contributed by atoms with Gasteiger partial charge in [-0.05, 0) is 57.7 Å². The van der Waals surface area contributed by atoms with Crippen molar-refractivity contribution in [2.24, 2.45) is 5.92 Å². The number of rotatable bonds is 8. The van der Waals surface area contributed by atoms with E-state index in [1.807, 2.05) is 0 Å². The zero-order valence-corrected chi connectivity index (χ0v) is 13.7. The topological polar surface area (TPSA) is 15.3 Å². The normalized spacial score (nSPS) is 22.5. The van der Waals surface area contributed by atoms with Crippen molar-refractivity contribution >= 4 is 0 Å². The van der Waals surface area contributed by atoms with Gasteiger partial charge in [0.1, 0.15) is 0 Å². The highest BCUT2D eigenvalue weighted by molar-refractivity contribution is 4.80. The molecule has 0 atom stereocenters. The summed E-state index contributed by atoms with van der Waals surface area (Å²) in [5, 5.41) is 3.52. The Bertz CT molecular complexity index is 230. The molecule has 1 N–H and O–H groups in total. The molecule has 0 aromatic heterocycles. The van der Waals surface area contributed by atoms with Crippen LogP contribution in [0.3, 0.4) is 0 Å². The van der Waals surface area contributed by atoms with Gasteiger partial charge in [-0.1, -0.05) is 45.4 Å². The second-order valence-corrected chi connectivity index (χ2v) is 7.04. The van der Waals surface area contributed by atoms with E-state index >= 15 is 0 Å². The van der Waals surface area contributed by atoms with Gasteiger partial charge in [0.25, 0.3) is 0 Å². The average molecular weight is 280 g/mol. The Kier molecular flexibility index (Phi) is 7.97. The SMILES string of the molecule is CCCCCCN(CC1CCCCC1)C1CCNCC1. The van der Waals surface area contributed by atoms with Crippen LogP contribution in [-0.4, -0.2) is 37.1 Å². The van der Waals surface area contributed by atoms with Gasteiger partial charge in [0.15, 0.2) is 0 Å². The summed E-state index contributed by atoms with van der Waals surface area (Å²) in [5.74, 6) is 1.00. The number of nitrogens with zero attached hydrogens (tertiary/aromatic N) is 1. The molecule has 20 heavy (non-hydrogen) atoms. The molecule has 0 aromatic carbocycles. The summed E-state index contributed by atoms with van der Waals surface area (Å²) in [7, 11) is 0. The predicted octanol–water partition coefficient (Wildman–Crippen LogP) is 4.20. The second-order valence-electron chi connectivity index (χ2n) is 7.04. The molecular weight excluding hydrogens is 244 g/mol. The molecule has 0 aromatic rings. The molecule has 1 heterocycles. The Hall–Kier alpha value is -0.0800. The number of unbranched alkanes of at least 4 members (excludes halogenated alkanes) is 3.